The second-order valence-electron chi connectivity index (χ2n) is 2.82. The maximum absolute atomic E-state index is 11.4. The molecule has 2 N–H and O–H groups in total. The van der Waals surface area contributed by atoms with Crippen molar-refractivity contribution in [2.75, 3.05) is 12.4 Å². The maximum atomic E-state index is 11.4. The molecular weight excluding hydrogens is 202 g/mol. The number of amides is 1. The lowest BCUT2D eigenvalue weighted by molar-refractivity contribution is 0.0951. The van der Waals surface area contributed by atoms with Gasteiger partial charge in [0.05, 0.1) is 5.56 Å². The van der Waals surface area contributed by atoms with Crippen LogP contribution in [0.2, 0.25) is 0 Å². The van der Waals surface area contributed by atoms with E-state index >= 15 is 0 Å². The van der Waals surface area contributed by atoms with E-state index in [1.54, 1.807) is 18.2 Å². The summed E-state index contributed by atoms with van der Waals surface area (Å²) >= 11 is 5.46. The van der Waals surface area contributed by atoms with Crippen molar-refractivity contribution in [2.24, 2.45) is 0 Å². The summed E-state index contributed by atoms with van der Waals surface area (Å²) in [5, 5.41) is 12.0. The van der Waals surface area contributed by atoms with Gasteiger partial charge in [0.2, 0.25) is 0 Å². The molecule has 1 aromatic carbocycles. The van der Waals surface area contributed by atoms with Crippen LogP contribution >= 0.6 is 11.6 Å². The highest BCUT2D eigenvalue weighted by molar-refractivity contribution is 6.17. The standard InChI is InChI=1S/C10H12ClNO2/c11-6-3-7-12-10(14)8-4-1-2-5-9(8)13/h1-2,4-5,13H,3,6-7H2,(H,12,14). The van der Waals surface area contributed by atoms with Gasteiger partial charge in [0.1, 0.15) is 5.75 Å². The van der Waals surface area contributed by atoms with Gasteiger partial charge in [0, 0.05) is 12.4 Å². The van der Waals surface area contributed by atoms with Crippen LogP contribution in [0.5, 0.6) is 5.75 Å². The molecule has 0 saturated heterocycles. The Kier molecular flexibility index (Phi) is 4.26. The smallest absolute Gasteiger partial charge is 0.255 e. The number of benzene rings is 1. The van der Waals surface area contributed by atoms with E-state index < -0.39 is 0 Å². The Labute approximate surface area is 87.7 Å². The third kappa shape index (κ3) is 2.92. The van der Waals surface area contributed by atoms with Crippen molar-refractivity contribution >= 4 is 17.5 Å². The topological polar surface area (TPSA) is 49.3 Å². The van der Waals surface area contributed by atoms with Gasteiger partial charge < -0.3 is 10.4 Å². The van der Waals surface area contributed by atoms with Crippen LogP contribution < -0.4 is 5.32 Å². The zero-order valence-corrected chi connectivity index (χ0v) is 8.42. The van der Waals surface area contributed by atoms with Gasteiger partial charge in [-0.3, -0.25) is 4.79 Å². The summed E-state index contributed by atoms with van der Waals surface area (Å²) < 4.78 is 0. The molecule has 0 aliphatic rings. The van der Waals surface area contributed by atoms with E-state index in [9.17, 15) is 9.90 Å². The van der Waals surface area contributed by atoms with Crippen LogP contribution in [-0.4, -0.2) is 23.4 Å². The van der Waals surface area contributed by atoms with Crippen molar-refractivity contribution in [3.8, 4) is 5.75 Å². The van der Waals surface area contributed by atoms with Crippen LogP contribution in [-0.2, 0) is 0 Å². The van der Waals surface area contributed by atoms with Gasteiger partial charge in [0.25, 0.3) is 5.91 Å². The fourth-order valence-electron chi connectivity index (χ4n) is 1.03. The SMILES string of the molecule is O=C(NCCCCl)c1ccccc1O. The first-order chi connectivity index (χ1) is 6.75. The van der Waals surface area contributed by atoms with E-state index in [0.717, 1.165) is 6.42 Å². The fraction of sp³-hybridized carbons (Fsp3) is 0.300. The molecule has 14 heavy (non-hydrogen) atoms. The van der Waals surface area contributed by atoms with E-state index in [-0.39, 0.29) is 11.7 Å². The Morgan fingerprint density at radius 1 is 1.43 bits per heavy atom. The molecule has 0 aliphatic carbocycles. The minimum atomic E-state index is -0.270. The number of nitrogens with one attached hydrogen (secondary N) is 1. The maximum Gasteiger partial charge on any atom is 0.255 e. The lowest BCUT2D eigenvalue weighted by Gasteiger charge is -2.04. The highest BCUT2D eigenvalue weighted by Crippen LogP contribution is 2.14. The van der Waals surface area contributed by atoms with Gasteiger partial charge in [-0.1, -0.05) is 12.1 Å². The molecule has 0 atom stereocenters. The fourth-order valence-corrected chi connectivity index (χ4v) is 1.16. The van der Waals surface area contributed by atoms with Gasteiger partial charge in [-0.2, -0.15) is 0 Å². The van der Waals surface area contributed by atoms with Crippen molar-refractivity contribution in [2.45, 2.75) is 6.42 Å². The molecule has 0 fully saturated rings. The number of carbonyl (C=O) groups excluding carboxylic acids is 1. The second-order valence-corrected chi connectivity index (χ2v) is 3.19. The second kappa shape index (κ2) is 5.50. The first-order valence-corrected chi connectivity index (χ1v) is 4.91. The molecular formula is C10H12ClNO2. The van der Waals surface area contributed by atoms with Crippen LogP contribution in [0, 0.1) is 0 Å². The molecule has 3 nitrogen and oxygen atoms in total. The van der Waals surface area contributed by atoms with Gasteiger partial charge in [0.15, 0.2) is 0 Å². The summed E-state index contributed by atoms with van der Waals surface area (Å²) in [4.78, 5) is 11.4. The first-order valence-electron chi connectivity index (χ1n) is 4.38. The Hall–Kier alpha value is -1.22. The summed E-state index contributed by atoms with van der Waals surface area (Å²) in [5.41, 5.74) is 0.294. The van der Waals surface area contributed by atoms with E-state index in [4.69, 9.17) is 11.6 Å². The number of hydrogen-bond donors (Lipinski definition) is 2. The molecule has 0 heterocycles. The summed E-state index contributed by atoms with van der Waals surface area (Å²) in [6.07, 6.45) is 0.723. The Morgan fingerprint density at radius 3 is 2.79 bits per heavy atom. The van der Waals surface area contributed by atoms with Crippen LogP contribution in [0.25, 0.3) is 0 Å². The largest absolute Gasteiger partial charge is 0.507 e. The Morgan fingerprint density at radius 2 is 2.14 bits per heavy atom. The summed E-state index contributed by atoms with van der Waals surface area (Å²) in [6, 6.07) is 6.43. The monoisotopic (exact) mass is 213 g/mol. The number of hydrogen-bond acceptors (Lipinski definition) is 2. The van der Waals surface area contributed by atoms with E-state index in [2.05, 4.69) is 5.32 Å². The molecule has 0 aromatic heterocycles. The predicted molar refractivity (Wildman–Crippen MR) is 55.8 cm³/mol. The number of rotatable bonds is 4. The van der Waals surface area contributed by atoms with Crippen molar-refractivity contribution in [3.05, 3.63) is 29.8 Å². The molecule has 1 rings (SSSR count). The van der Waals surface area contributed by atoms with Crippen molar-refractivity contribution in [1.29, 1.82) is 0 Å². The summed E-state index contributed by atoms with van der Waals surface area (Å²) in [5.74, 6) is 0.241. The number of phenolic OH excluding ortho intramolecular Hbond substituents is 1. The van der Waals surface area contributed by atoms with Gasteiger partial charge in [-0.15, -0.1) is 11.6 Å². The minimum Gasteiger partial charge on any atom is -0.507 e. The summed E-state index contributed by atoms with van der Waals surface area (Å²) in [7, 11) is 0. The number of phenols is 1. The molecule has 0 aliphatic heterocycles. The average Bonchev–Trinajstić information content (AvgIpc) is 2.18. The van der Waals surface area contributed by atoms with Crippen molar-refractivity contribution in [3.63, 3.8) is 0 Å². The van der Waals surface area contributed by atoms with E-state index in [0.29, 0.717) is 18.0 Å². The highest BCUT2D eigenvalue weighted by Gasteiger charge is 2.08. The summed E-state index contributed by atoms with van der Waals surface area (Å²) in [6.45, 7) is 0.524. The van der Waals surface area contributed by atoms with Crippen molar-refractivity contribution in [1.82, 2.24) is 5.32 Å². The molecule has 0 spiro atoms. The molecule has 1 amide bonds. The third-order valence-electron chi connectivity index (χ3n) is 1.74. The molecule has 76 valence electrons. The molecule has 0 unspecified atom stereocenters. The molecule has 0 radical (unpaired) electrons. The lowest BCUT2D eigenvalue weighted by Crippen LogP contribution is -2.24. The molecule has 0 bridgehead atoms. The Bertz CT molecular complexity index is 315. The van der Waals surface area contributed by atoms with Gasteiger partial charge in [-0.25, -0.2) is 0 Å². The zero-order chi connectivity index (χ0) is 10.4. The number of para-hydroxylation sites is 1. The first kappa shape index (κ1) is 10.9. The Balaban J connectivity index is 2.56. The minimum absolute atomic E-state index is 0.00382. The van der Waals surface area contributed by atoms with Gasteiger partial charge in [-0.05, 0) is 18.6 Å². The quantitative estimate of drug-likeness (QED) is 0.592. The number of aromatic hydroxyl groups is 1. The lowest BCUT2D eigenvalue weighted by atomic mass is 10.2. The number of alkyl halides is 1. The van der Waals surface area contributed by atoms with Crippen LogP contribution in [0.4, 0.5) is 0 Å². The zero-order valence-electron chi connectivity index (χ0n) is 7.66. The van der Waals surface area contributed by atoms with Crippen molar-refractivity contribution < 1.29 is 9.90 Å². The predicted octanol–water partition coefficient (Wildman–Crippen LogP) is 1.75. The molecule has 1 aromatic rings. The van der Waals surface area contributed by atoms with E-state index in [1.807, 2.05) is 0 Å². The normalized spacial score (nSPS) is 9.79. The van der Waals surface area contributed by atoms with Crippen LogP contribution in [0.1, 0.15) is 16.8 Å². The van der Waals surface area contributed by atoms with Crippen LogP contribution in [0.15, 0.2) is 24.3 Å². The third-order valence-corrected chi connectivity index (χ3v) is 2.01. The molecule has 4 heteroatoms. The molecule has 0 saturated carbocycles. The number of carbonyl (C=O) groups is 1. The van der Waals surface area contributed by atoms with E-state index in [1.165, 1.54) is 6.07 Å². The average molecular weight is 214 g/mol. The highest BCUT2D eigenvalue weighted by atomic mass is 35.5. The van der Waals surface area contributed by atoms with Crippen LogP contribution in [0.3, 0.4) is 0 Å². The number of halogens is 1. The van der Waals surface area contributed by atoms with Gasteiger partial charge >= 0.3 is 0 Å².